The van der Waals surface area contributed by atoms with Gasteiger partial charge >= 0.3 is 0 Å². The minimum atomic E-state index is -0.916. The van der Waals surface area contributed by atoms with E-state index < -0.39 is 9.52 Å². The molecule has 3 heteroatoms. The van der Waals surface area contributed by atoms with Crippen LogP contribution in [0.3, 0.4) is 0 Å². The Morgan fingerprint density at radius 1 is 0.684 bits per heavy atom. The molecular weight excluding hydrogens is 252 g/mol. The van der Waals surface area contributed by atoms with E-state index in [1.165, 1.54) is 0 Å². The smallest absolute Gasteiger partial charge is 0.0901 e. The Kier molecular flexibility index (Phi) is 5.33. The van der Waals surface area contributed by atoms with Gasteiger partial charge in [0.1, 0.15) is 0 Å². The van der Waals surface area contributed by atoms with Crippen molar-refractivity contribution >= 4 is 9.52 Å². The lowest BCUT2D eigenvalue weighted by Crippen LogP contribution is -2.31. The van der Waals surface area contributed by atoms with Crippen molar-refractivity contribution in [2.24, 2.45) is 0 Å². The summed E-state index contributed by atoms with van der Waals surface area (Å²) in [6.45, 7) is 0. The van der Waals surface area contributed by atoms with Crippen LogP contribution in [0.5, 0.6) is 0 Å². The SMILES string of the molecule is OC(Cc1ccccc1)[SiH2]C(O)Cc1ccccc1. The maximum atomic E-state index is 10.1. The molecule has 0 spiro atoms. The van der Waals surface area contributed by atoms with Gasteiger partial charge in [-0.1, -0.05) is 60.7 Å². The zero-order chi connectivity index (χ0) is 13.5. The maximum Gasteiger partial charge on any atom is 0.0901 e. The van der Waals surface area contributed by atoms with Crippen LogP contribution in [-0.4, -0.2) is 31.2 Å². The van der Waals surface area contributed by atoms with Crippen molar-refractivity contribution in [1.82, 2.24) is 0 Å². The molecule has 2 rings (SSSR count). The van der Waals surface area contributed by atoms with Crippen molar-refractivity contribution in [2.45, 2.75) is 24.3 Å². The topological polar surface area (TPSA) is 40.5 Å². The van der Waals surface area contributed by atoms with Gasteiger partial charge in [-0.2, -0.15) is 0 Å². The van der Waals surface area contributed by atoms with Crippen molar-refractivity contribution in [1.29, 1.82) is 0 Å². The highest BCUT2D eigenvalue weighted by atomic mass is 28.2. The molecule has 2 nitrogen and oxygen atoms in total. The molecule has 0 heterocycles. The Labute approximate surface area is 116 Å². The maximum absolute atomic E-state index is 10.1. The van der Waals surface area contributed by atoms with Crippen LogP contribution >= 0.6 is 0 Å². The van der Waals surface area contributed by atoms with Crippen LogP contribution in [0.2, 0.25) is 0 Å². The molecule has 0 amide bonds. The molecule has 2 aromatic rings. The van der Waals surface area contributed by atoms with Crippen LogP contribution in [0.4, 0.5) is 0 Å². The predicted molar refractivity (Wildman–Crippen MR) is 80.8 cm³/mol. The number of benzene rings is 2. The number of aliphatic hydroxyl groups is 2. The normalized spacial score (nSPS) is 14.6. The van der Waals surface area contributed by atoms with Crippen molar-refractivity contribution in [3.05, 3.63) is 71.8 Å². The first-order valence-corrected chi connectivity index (χ1v) is 8.31. The molecule has 0 bridgehead atoms. The number of hydrogen-bond acceptors (Lipinski definition) is 2. The van der Waals surface area contributed by atoms with Gasteiger partial charge in [0.2, 0.25) is 0 Å². The zero-order valence-corrected chi connectivity index (χ0v) is 12.4. The summed E-state index contributed by atoms with van der Waals surface area (Å²) in [4.78, 5) is 0. The molecule has 0 saturated carbocycles. The van der Waals surface area contributed by atoms with Crippen LogP contribution in [0.1, 0.15) is 11.1 Å². The quantitative estimate of drug-likeness (QED) is 0.778. The standard InChI is InChI=1S/C16H20O2Si/c17-15(11-13-7-3-1-4-8-13)19-16(18)12-14-9-5-2-6-10-14/h1-10,15-18H,11-12,19H2. The molecule has 0 aliphatic heterocycles. The van der Waals surface area contributed by atoms with Crippen molar-refractivity contribution in [3.63, 3.8) is 0 Å². The number of rotatable bonds is 6. The largest absolute Gasteiger partial charge is 0.397 e. The Bertz CT molecular complexity index is 427. The summed E-state index contributed by atoms with van der Waals surface area (Å²) in [5, 5.41) is 20.1. The molecule has 2 N–H and O–H groups in total. The van der Waals surface area contributed by atoms with Gasteiger partial charge in [-0.05, 0) is 24.0 Å². The van der Waals surface area contributed by atoms with Gasteiger partial charge in [-0.25, -0.2) is 0 Å². The minimum Gasteiger partial charge on any atom is -0.397 e. The lowest BCUT2D eigenvalue weighted by Gasteiger charge is -2.15. The van der Waals surface area contributed by atoms with E-state index in [-0.39, 0.29) is 11.5 Å². The van der Waals surface area contributed by atoms with Gasteiger partial charge in [0.15, 0.2) is 0 Å². The summed E-state index contributed by atoms with van der Waals surface area (Å²) in [5.74, 6) is 0. The lowest BCUT2D eigenvalue weighted by atomic mass is 10.2. The van der Waals surface area contributed by atoms with Crippen molar-refractivity contribution in [3.8, 4) is 0 Å². The first-order valence-electron chi connectivity index (χ1n) is 6.68. The fourth-order valence-corrected chi connectivity index (χ4v) is 3.88. The third kappa shape index (κ3) is 4.99. The molecule has 0 fully saturated rings. The second-order valence-corrected chi connectivity index (χ2v) is 7.28. The molecule has 0 radical (unpaired) electrons. The van der Waals surface area contributed by atoms with Gasteiger partial charge in [-0.3, -0.25) is 0 Å². The minimum absolute atomic E-state index is 0.360. The average molecular weight is 272 g/mol. The molecular formula is C16H20O2Si. The molecule has 2 aromatic carbocycles. The molecule has 19 heavy (non-hydrogen) atoms. The second kappa shape index (κ2) is 7.24. The molecule has 0 aliphatic rings. The molecule has 0 saturated heterocycles. The first-order chi connectivity index (χ1) is 9.24. The summed E-state index contributed by atoms with van der Waals surface area (Å²) in [6.07, 6.45) is 1.30. The van der Waals surface area contributed by atoms with Gasteiger partial charge in [0.05, 0.1) is 9.52 Å². The molecule has 0 aromatic heterocycles. The average Bonchev–Trinajstić information content (AvgIpc) is 2.40. The summed E-state index contributed by atoms with van der Waals surface area (Å²) in [5.41, 5.74) is 1.55. The number of aliphatic hydroxyl groups excluding tert-OH is 2. The summed E-state index contributed by atoms with van der Waals surface area (Å²) in [6, 6.07) is 19.9. The lowest BCUT2D eigenvalue weighted by molar-refractivity contribution is 0.214. The molecule has 0 aliphatic carbocycles. The van der Waals surface area contributed by atoms with Gasteiger partial charge in [0.25, 0.3) is 0 Å². The van der Waals surface area contributed by atoms with E-state index in [0.29, 0.717) is 12.8 Å². The van der Waals surface area contributed by atoms with Crippen molar-refractivity contribution < 1.29 is 10.2 Å². The van der Waals surface area contributed by atoms with E-state index in [0.717, 1.165) is 11.1 Å². The van der Waals surface area contributed by atoms with E-state index in [1.807, 2.05) is 60.7 Å². The van der Waals surface area contributed by atoms with Gasteiger partial charge in [0, 0.05) is 11.5 Å². The molecule has 100 valence electrons. The van der Waals surface area contributed by atoms with Crippen LogP contribution in [-0.2, 0) is 12.8 Å². The van der Waals surface area contributed by atoms with Crippen LogP contribution in [0.15, 0.2) is 60.7 Å². The monoisotopic (exact) mass is 272 g/mol. The first kappa shape index (κ1) is 14.0. The van der Waals surface area contributed by atoms with E-state index in [4.69, 9.17) is 0 Å². The fraction of sp³-hybridized carbons (Fsp3) is 0.250. The Hall–Kier alpha value is -1.42. The van der Waals surface area contributed by atoms with Gasteiger partial charge in [-0.15, -0.1) is 0 Å². The van der Waals surface area contributed by atoms with Crippen molar-refractivity contribution in [2.75, 3.05) is 0 Å². The number of hydrogen-bond donors (Lipinski definition) is 2. The molecule has 2 atom stereocenters. The summed E-state index contributed by atoms with van der Waals surface area (Å²) in [7, 11) is -0.916. The van der Waals surface area contributed by atoms with Crippen LogP contribution in [0.25, 0.3) is 0 Å². The van der Waals surface area contributed by atoms with Crippen LogP contribution in [0, 0.1) is 0 Å². The Morgan fingerprint density at radius 2 is 1.05 bits per heavy atom. The second-order valence-electron chi connectivity index (χ2n) is 4.92. The highest BCUT2D eigenvalue weighted by Crippen LogP contribution is 2.06. The van der Waals surface area contributed by atoms with E-state index >= 15 is 0 Å². The third-order valence-corrected chi connectivity index (χ3v) is 4.84. The predicted octanol–water partition coefficient (Wildman–Crippen LogP) is 1.28. The summed E-state index contributed by atoms with van der Waals surface area (Å²) >= 11 is 0. The van der Waals surface area contributed by atoms with E-state index in [9.17, 15) is 10.2 Å². The van der Waals surface area contributed by atoms with E-state index in [1.54, 1.807) is 0 Å². The fourth-order valence-electron chi connectivity index (χ4n) is 2.25. The van der Waals surface area contributed by atoms with Gasteiger partial charge < -0.3 is 10.2 Å². The highest BCUT2D eigenvalue weighted by molar-refractivity contribution is 6.38. The Morgan fingerprint density at radius 3 is 1.42 bits per heavy atom. The Balaban J connectivity index is 1.80. The third-order valence-electron chi connectivity index (χ3n) is 3.17. The molecule has 2 unspecified atom stereocenters. The van der Waals surface area contributed by atoms with E-state index in [2.05, 4.69) is 0 Å². The summed E-state index contributed by atoms with van der Waals surface area (Å²) < 4.78 is 0. The highest BCUT2D eigenvalue weighted by Gasteiger charge is 2.13. The zero-order valence-electron chi connectivity index (χ0n) is 10.9. The van der Waals surface area contributed by atoms with Crippen LogP contribution < -0.4 is 0 Å².